The summed E-state index contributed by atoms with van der Waals surface area (Å²) < 4.78 is 18.7. The zero-order valence-corrected chi connectivity index (χ0v) is 11.4. The van der Waals surface area contributed by atoms with Gasteiger partial charge in [-0.25, -0.2) is 4.39 Å². The highest BCUT2D eigenvalue weighted by atomic mass is 35.5. The van der Waals surface area contributed by atoms with Crippen molar-refractivity contribution >= 4 is 11.6 Å². The second kappa shape index (κ2) is 8.83. The van der Waals surface area contributed by atoms with Crippen LogP contribution in [0.2, 0.25) is 0 Å². The molecule has 18 heavy (non-hydrogen) atoms. The van der Waals surface area contributed by atoms with Crippen LogP contribution in [0, 0.1) is 17.7 Å². The Balaban J connectivity index is 2.59. The van der Waals surface area contributed by atoms with E-state index in [1.54, 1.807) is 6.07 Å². The van der Waals surface area contributed by atoms with E-state index in [1.807, 2.05) is 0 Å². The van der Waals surface area contributed by atoms with Crippen LogP contribution in [0.25, 0.3) is 0 Å². The molecule has 0 saturated heterocycles. The molecule has 1 aromatic carbocycles. The van der Waals surface area contributed by atoms with Crippen molar-refractivity contribution in [2.24, 2.45) is 0 Å². The molecule has 0 amide bonds. The fourth-order valence-electron chi connectivity index (χ4n) is 1.56. The van der Waals surface area contributed by atoms with Gasteiger partial charge in [-0.3, -0.25) is 0 Å². The highest BCUT2D eigenvalue weighted by Crippen LogP contribution is 2.19. The molecule has 0 unspecified atom stereocenters. The Hall–Kier alpha value is -1.20. The monoisotopic (exact) mass is 268 g/mol. The van der Waals surface area contributed by atoms with Crippen molar-refractivity contribution < 1.29 is 9.13 Å². The molecule has 1 rings (SSSR count). The Labute approximate surface area is 113 Å². The fraction of sp³-hybridized carbons (Fsp3) is 0.467. The molecule has 98 valence electrons. The number of benzene rings is 1. The van der Waals surface area contributed by atoms with Gasteiger partial charge in [-0.15, -0.1) is 11.6 Å². The van der Waals surface area contributed by atoms with E-state index < -0.39 is 0 Å². The standard InChI is InChI=1S/C15H18ClFO/c1-2-3-4-5-11-18-15-12-14(17)9-8-13(15)7-6-10-16/h8-9,12H,2-5,10-11H2,1H3. The molecule has 0 spiro atoms. The zero-order valence-electron chi connectivity index (χ0n) is 10.6. The molecule has 0 aliphatic heterocycles. The first-order valence-electron chi connectivity index (χ1n) is 6.25. The number of alkyl halides is 1. The lowest BCUT2D eigenvalue weighted by Crippen LogP contribution is -1.99. The summed E-state index contributed by atoms with van der Waals surface area (Å²) >= 11 is 5.51. The van der Waals surface area contributed by atoms with Crippen molar-refractivity contribution in [3.63, 3.8) is 0 Å². The van der Waals surface area contributed by atoms with Crippen LogP contribution in [-0.4, -0.2) is 12.5 Å². The minimum atomic E-state index is -0.310. The highest BCUT2D eigenvalue weighted by Gasteiger charge is 2.03. The van der Waals surface area contributed by atoms with E-state index in [9.17, 15) is 4.39 Å². The SMILES string of the molecule is CCCCCCOc1cc(F)ccc1C#CCCl. The van der Waals surface area contributed by atoms with Gasteiger partial charge in [0.05, 0.1) is 18.1 Å². The number of hydrogen-bond donors (Lipinski definition) is 0. The predicted octanol–water partition coefficient (Wildman–Crippen LogP) is 4.38. The number of halogens is 2. The van der Waals surface area contributed by atoms with E-state index in [1.165, 1.54) is 25.0 Å². The summed E-state index contributed by atoms with van der Waals surface area (Å²) in [4.78, 5) is 0. The van der Waals surface area contributed by atoms with Crippen LogP contribution >= 0.6 is 11.6 Å². The number of rotatable bonds is 6. The Morgan fingerprint density at radius 3 is 2.83 bits per heavy atom. The fourth-order valence-corrected chi connectivity index (χ4v) is 1.63. The van der Waals surface area contributed by atoms with Crippen molar-refractivity contribution in [3.05, 3.63) is 29.6 Å². The summed E-state index contributed by atoms with van der Waals surface area (Å²) in [7, 11) is 0. The van der Waals surface area contributed by atoms with Crippen LogP contribution < -0.4 is 4.74 Å². The second-order valence-electron chi connectivity index (χ2n) is 3.99. The topological polar surface area (TPSA) is 9.23 Å². The Kier molecular flexibility index (Phi) is 7.29. The summed E-state index contributed by atoms with van der Waals surface area (Å²) in [5.74, 6) is 6.07. The maximum atomic E-state index is 13.1. The molecule has 0 aliphatic carbocycles. The summed E-state index contributed by atoms with van der Waals surface area (Å²) in [6.45, 7) is 2.76. The van der Waals surface area contributed by atoms with Crippen LogP contribution in [0.15, 0.2) is 18.2 Å². The zero-order chi connectivity index (χ0) is 13.2. The minimum Gasteiger partial charge on any atom is -0.492 e. The molecule has 0 saturated carbocycles. The molecule has 0 heterocycles. The summed E-state index contributed by atoms with van der Waals surface area (Å²) in [5, 5.41) is 0. The maximum Gasteiger partial charge on any atom is 0.137 e. The van der Waals surface area contributed by atoms with Gasteiger partial charge >= 0.3 is 0 Å². The summed E-state index contributed by atoms with van der Waals surface area (Å²) in [5.41, 5.74) is 0.688. The van der Waals surface area contributed by atoms with Crippen molar-refractivity contribution in [2.45, 2.75) is 32.6 Å². The van der Waals surface area contributed by atoms with Gasteiger partial charge in [0.1, 0.15) is 11.6 Å². The van der Waals surface area contributed by atoms with E-state index in [4.69, 9.17) is 16.3 Å². The highest BCUT2D eigenvalue weighted by molar-refractivity contribution is 6.19. The molecule has 0 aromatic heterocycles. The third-order valence-corrected chi connectivity index (χ3v) is 2.62. The van der Waals surface area contributed by atoms with Crippen molar-refractivity contribution in [3.8, 4) is 17.6 Å². The Morgan fingerprint density at radius 2 is 2.11 bits per heavy atom. The van der Waals surface area contributed by atoms with Gasteiger partial charge in [-0.05, 0) is 18.6 Å². The lowest BCUT2D eigenvalue weighted by molar-refractivity contribution is 0.303. The average Bonchev–Trinajstić information content (AvgIpc) is 2.37. The van der Waals surface area contributed by atoms with Crippen molar-refractivity contribution in [2.75, 3.05) is 12.5 Å². The smallest absolute Gasteiger partial charge is 0.137 e. The van der Waals surface area contributed by atoms with Crippen molar-refractivity contribution in [1.82, 2.24) is 0 Å². The third kappa shape index (κ3) is 5.42. The second-order valence-corrected chi connectivity index (χ2v) is 4.25. The van der Waals surface area contributed by atoms with E-state index in [0.717, 1.165) is 12.8 Å². The van der Waals surface area contributed by atoms with E-state index in [0.29, 0.717) is 17.9 Å². The van der Waals surface area contributed by atoms with Gasteiger partial charge in [0, 0.05) is 6.07 Å². The van der Waals surface area contributed by atoms with Gasteiger partial charge < -0.3 is 4.74 Å². The molecule has 0 atom stereocenters. The Bertz CT molecular complexity index is 420. The molecular formula is C15H18ClFO. The predicted molar refractivity (Wildman–Crippen MR) is 73.6 cm³/mol. The number of hydrogen-bond acceptors (Lipinski definition) is 1. The quantitative estimate of drug-likeness (QED) is 0.423. The minimum absolute atomic E-state index is 0.257. The van der Waals surface area contributed by atoms with Gasteiger partial charge in [0.2, 0.25) is 0 Å². The molecule has 0 fully saturated rings. The van der Waals surface area contributed by atoms with Gasteiger partial charge in [-0.1, -0.05) is 38.0 Å². The largest absolute Gasteiger partial charge is 0.492 e. The normalized spacial score (nSPS) is 9.72. The average molecular weight is 269 g/mol. The van der Waals surface area contributed by atoms with E-state index in [2.05, 4.69) is 18.8 Å². The lowest BCUT2D eigenvalue weighted by atomic mass is 10.2. The molecule has 1 nitrogen and oxygen atoms in total. The number of unbranched alkanes of at least 4 members (excludes halogenated alkanes) is 3. The van der Waals surface area contributed by atoms with Crippen molar-refractivity contribution in [1.29, 1.82) is 0 Å². The third-order valence-electron chi connectivity index (χ3n) is 2.49. The molecule has 1 aromatic rings. The molecule has 0 bridgehead atoms. The molecule has 0 aliphatic rings. The van der Waals surface area contributed by atoms with Gasteiger partial charge in [0.25, 0.3) is 0 Å². The van der Waals surface area contributed by atoms with Crippen LogP contribution in [0.5, 0.6) is 5.75 Å². The molecule has 3 heteroatoms. The summed E-state index contributed by atoms with van der Waals surface area (Å²) in [6, 6.07) is 4.37. The van der Waals surface area contributed by atoms with E-state index in [-0.39, 0.29) is 11.7 Å². The van der Waals surface area contributed by atoms with Crippen LogP contribution in [0.3, 0.4) is 0 Å². The molecule has 0 N–H and O–H groups in total. The molecule has 0 radical (unpaired) electrons. The van der Waals surface area contributed by atoms with Crippen LogP contribution in [0.1, 0.15) is 38.2 Å². The lowest BCUT2D eigenvalue weighted by Gasteiger charge is -2.08. The first-order valence-corrected chi connectivity index (χ1v) is 6.78. The first kappa shape index (κ1) is 14.9. The maximum absolute atomic E-state index is 13.1. The van der Waals surface area contributed by atoms with Crippen LogP contribution in [-0.2, 0) is 0 Å². The number of ether oxygens (including phenoxy) is 1. The first-order chi connectivity index (χ1) is 8.77. The van der Waals surface area contributed by atoms with Crippen LogP contribution in [0.4, 0.5) is 4.39 Å². The van der Waals surface area contributed by atoms with Gasteiger partial charge in [0.15, 0.2) is 0 Å². The summed E-state index contributed by atoms with van der Waals surface area (Å²) in [6.07, 6.45) is 4.50. The molecular weight excluding hydrogens is 251 g/mol. The van der Waals surface area contributed by atoms with E-state index >= 15 is 0 Å². The van der Waals surface area contributed by atoms with Gasteiger partial charge in [-0.2, -0.15) is 0 Å². The Morgan fingerprint density at radius 1 is 1.28 bits per heavy atom.